The average molecular weight is 364 g/mol. The van der Waals surface area contributed by atoms with Gasteiger partial charge < -0.3 is 5.32 Å². The quantitative estimate of drug-likeness (QED) is 0.655. The largest absolute Gasteiger partial charge is 0.328 e. The number of hydrazine groups is 1. The topological polar surface area (TPSA) is 68.4 Å². The fourth-order valence-corrected chi connectivity index (χ4v) is 4.35. The van der Waals surface area contributed by atoms with Gasteiger partial charge in [0, 0.05) is 23.7 Å². The number of nitrogens with one attached hydrogen (secondary N) is 4. The van der Waals surface area contributed by atoms with E-state index in [1.54, 1.807) is 0 Å². The van der Waals surface area contributed by atoms with E-state index in [2.05, 4.69) is 33.3 Å². The first-order chi connectivity index (χ1) is 12.1. The molecule has 0 aromatic heterocycles. The summed E-state index contributed by atoms with van der Waals surface area (Å²) in [5.74, 6) is 0.0713. The second kappa shape index (κ2) is 7.21. The van der Waals surface area contributed by atoms with Gasteiger partial charge in [-0.05, 0) is 37.5 Å². The highest BCUT2D eigenvalue weighted by molar-refractivity contribution is 6.30. The van der Waals surface area contributed by atoms with Crippen molar-refractivity contribution in [2.24, 2.45) is 5.92 Å². The SMILES string of the molecule is C[C@H](NC1NC(=O)C2CNN(C3CCCC3)C2N1)c1ccc(Cl)cc1. The van der Waals surface area contributed by atoms with Gasteiger partial charge in [-0.2, -0.15) is 0 Å². The van der Waals surface area contributed by atoms with Gasteiger partial charge in [0.15, 0.2) is 0 Å². The van der Waals surface area contributed by atoms with Crippen LogP contribution in [0.4, 0.5) is 0 Å². The Morgan fingerprint density at radius 1 is 1.24 bits per heavy atom. The third-order valence-electron chi connectivity index (χ3n) is 5.64. The normalized spacial score (nSPS) is 31.8. The highest BCUT2D eigenvalue weighted by atomic mass is 35.5. The first-order valence-corrected chi connectivity index (χ1v) is 9.59. The first-order valence-electron chi connectivity index (χ1n) is 9.21. The van der Waals surface area contributed by atoms with E-state index in [1.807, 2.05) is 24.3 Å². The zero-order valence-electron chi connectivity index (χ0n) is 14.5. The molecule has 0 bridgehead atoms. The molecule has 25 heavy (non-hydrogen) atoms. The molecule has 1 saturated carbocycles. The van der Waals surface area contributed by atoms with Crippen LogP contribution < -0.4 is 21.4 Å². The summed E-state index contributed by atoms with van der Waals surface area (Å²) in [4.78, 5) is 12.5. The van der Waals surface area contributed by atoms with Gasteiger partial charge in [0.2, 0.25) is 5.91 Å². The van der Waals surface area contributed by atoms with Crippen LogP contribution in [0, 0.1) is 5.92 Å². The molecule has 0 radical (unpaired) electrons. The number of benzene rings is 1. The molecule has 4 atom stereocenters. The predicted molar refractivity (Wildman–Crippen MR) is 97.4 cm³/mol. The van der Waals surface area contributed by atoms with Gasteiger partial charge in [0.05, 0.1) is 12.1 Å². The minimum absolute atomic E-state index is 0.0375. The number of nitrogens with zero attached hydrogens (tertiary/aromatic N) is 1. The number of fused-ring (bicyclic) bond motifs is 1. The van der Waals surface area contributed by atoms with Crippen molar-refractivity contribution in [1.82, 2.24) is 26.4 Å². The molecule has 6 nitrogen and oxygen atoms in total. The second-order valence-electron chi connectivity index (χ2n) is 7.31. The molecule has 4 N–H and O–H groups in total. The molecule has 3 unspecified atom stereocenters. The Hall–Kier alpha value is -1.18. The van der Waals surface area contributed by atoms with Crippen molar-refractivity contribution < 1.29 is 4.79 Å². The Labute approximate surface area is 153 Å². The lowest BCUT2D eigenvalue weighted by Gasteiger charge is -2.40. The van der Waals surface area contributed by atoms with E-state index in [9.17, 15) is 4.79 Å². The average Bonchev–Trinajstić information content (AvgIpc) is 3.24. The summed E-state index contributed by atoms with van der Waals surface area (Å²) in [5.41, 5.74) is 4.59. The van der Waals surface area contributed by atoms with E-state index < -0.39 is 0 Å². The van der Waals surface area contributed by atoms with Gasteiger partial charge in [-0.15, -0.1) is 0 Å². The van der Waals surface area contributed by atoms with Crippen LogP contribution in [-0.2, 0) is 4.79 Å². The zero-order chi connectivity index (χ0) is 17.4. The summed E-state index contributed by atoms with van der Waals surface area (Å²) in [6, 6.07) is 8.43. The van der Waals surface area contributed by atoms with E-state index in [4.69, 9.17) is 11.6 Å². The predicted octanol–water partition coefficient (Wildman–Crippen LogP) is 1.70. The van der Waals surface area contributed by atoms with Crippen molar-refractivity contribution in [3.05, 3.63) is 34.9 Å². The Morgan fingerprint density at radius 2 is 1.96 bits per heavy atom. The molecule has 0 spiro atoms. The highest BCUT2D eigenvalue weighted by Gasteiger charge is 2.46. The minimum Gasteiger partial charge on any atom is -0.328 e. The second-order valence-corrected chi connectivity index (χ2v) is 7.74. The number of hydrogen-bond donors (Lipinski definition) is 4. The number of rotatable bonds is 4. The van der Waals surface area contributed by atoms with Gasteiger partial charge in [0.25, 0.3) is 0 Å². The summed E-state index contributed by atoms with van der Waals surface area (Å²) in [6.45, 7) is 2.80. The van der Waals surface area contributed by atoms with E-state index >= 15 is 0 Å². The van der Waals surface area contributed by atoms with Crippen LogP contribution in [0.25, 0.3) is 0 Å². The summed E-state index contributed by atoms with van der Waals surface area (Å²) in [5, 5.41) is 13.1. The molecule has 1 aliphatic carbocycles. The zero-order valence-corrected chi connectivity index (χ0v) is 15.2. The maximum Gasteiger partial charge on any atom is 0.229 e. The monoisotopic (exact) mass is 363 g/mol. The van der Waals surface area contributed by atoms with Crippen LogP contribution in [0.3, 0.4) is 0 Å². The lowest BCUT2D eigenvalue weighted by Crippen LogP contribution is -2.69. The van der Waals surface area contributed by atoms with Gasteiger partial charge in [-0.25, -0.2) is 5.01 Å². The third kappa shape index (κ3) is 3.55. The Kier molecular flexibility index (Phi) is 4.97. The number of amides is 1. The lowest BCUT2D eigenvalue weighted by atomic mass is 10.0. The van der Waals surface area contributed by atoms with Crippen molar-refractivity contribution in [3.63, 3.8) is 0 Å². The summed E-state index contributed by atoms with van der Waals surface area (Å²) in [6.07, 6.45) is 4.77. The molecule has 1 amide bonds. The Morgan fingerprint density at radius 3 is 2.68 bits per heavy atom. The van der Waals surface area contributed by atoms with Crippen molar-refractivity contribution in [1.29, 1.82) is 0 Å². The number of carbonyl (C=O) groups excluding carboxylic acids is 1. The fourth-order valence-electron chi connectivity index (χ4n) is 4.23. The third-order valence-corrected chi connectivity index (χ3v) is 5.89. The van der Waals surface area contributed by atoms with Crippen LogP contribution >= 0.6 is 11.6 Å². The first kappa shape index (κ1) is 17.2. The van der Waals surface area contributed by atoms with Crippen molar-refractivity contribution in [2.75, 3.05) is 6.54 Å². The maximum absolute atomic E-state index is 12.5. The fraction of sp³-hybridized carbons (Fsp3) is 0.611. The van der Waals surface area contributed by atoms with Crippen LogP contribution in [0.15, 0.2) is 24.3 Å². The smallest absolute Gasteiger partial charge is 0.229 e. The maximum atomic E-state index is 12.5. The van der Waals surface area contributed by atoms with Crippen molar-refractivity contribution in [2.45, 2.75) is 57.1 Å². The molecule has 3 fully saturated rings. The minimum atomic E-state index is -0.247. The number of hydrogen-bond acceptors (Lipinski definition) is 5. The number of carbonyl (C=O) groups is 1. The molecular formula is C18H26ClN5O. The van der Waals surface area contributed by atoms with Crippen LogP contribution in [0.2, 0.25) is 5.02 Å². The van der Waals surface area contributed by atoms with Crippen LogP contribution in [-0.4, -0.2) is 36.0 Å². The van der Waals surface area contributed by atoms with E-state index in [1.165, 1.54) is 25.7 Å². The molecule has 4 rings (SSSR count). The van der Waals surface area contributed by atoms with Gasteiger partial charge in [-0.3, -0.25) is 20.9 Å². The van der Waals surface area contributed by atoms with Crippen LogP contribution in [0.1, 0.15) is 44.2 Å². The van der Waals surface area contributed by atoms with Crippen molar-refractivity contribution in [3.8, 4) is 0 Å². The molecule has 2 heterocycles. The van der Waals surface area contributed by atoms with E-state index in [0.29, 0.717) is 12.6 Å². The molecular weight excluding hydrogens is 338 g/mol. The van der Waals surface area contributed by atoms with E-state index in [0.717, 1.165) is 10.6 Å². The van der Waals surface area contributed by atoms with Gasteiger partial charge in [-0.1, -0.05) is 36.6 Å². The van der Waals surface area contributed by atoms with Crippen molar-refractivity contribution >= 4 is 17.5 Å². The summed E-state index contributed by atoms with van der Waals surface area (Å²) in [7, 11) is 0. The number of halogens is 1. The molecule has 136 valence electrons. The molecule has 3 aliphatic rings. The highest BCUT2D eigenvalue weighted by Crippen LogP contribution is 2.29. The Bertz CT molecular complexity index is 618. The van der Waals surface area contributed by atoms with Gasteiger partial charge in [0.1, 0.15) is 6.29 Å². The van der Waals surface area contributed by atoms with E-state index in [-0.39, 0.29) is 30.3 Å². The Balaban J connectivity index is 1.42. The molecule has 1 aromatic carbocycles. The summed E-state index contributed by atoms with van der Waals surface area (Å²) < 4.78 is 0. The molecule has 2 saturated heterocycles. The van der Waals surface area contributed by atoms with Crippen LogP contribution in [0.5, 0.6) is 0 Å². The molecule has 1 aromatic rings. The molecule has 2 aliphatic heterocycles. The molecule has 7 heteroatoms. The summed E-state index contributed by atoms with van der Waals surface area (Å²) >= 11 is 5.96. The lowest BCUT2D eigenvalue weighted by molar-refractivity contribution is -0.130. The standard InChI is InChI=1S/C18H26ClN5O/c1-11(12-6-8-13(19)9-7-12)21-18-22-16-15(17(25)23-18)10-20-24(16)14-4-2-3-5-14/h6-9,11,14-16,18,20-22H,2-5,10H2,1H3,(H,23,25)/t11-,15?,16?,18?/m0/s1. The van der Waals surface area contributed by atoms with Gasteiger partial charge >= 0.3 is 0 Å².